The number of rotatable bonds is 5. The fourth-order valence-electron chi connectivity index (χ4n) is 6.54. The summed E-state index contributed by atoms with van der Waals surface area (Å²) in [6.45, 7) is 4.30. The summed E-state index contributed by atoms with van der Waals surface area (Å²) >= 11 is 0. The molecule has 1 aromatic heterocycles. The molecule has 7 heteroatoms. The van der Waals surface area contributed by atoms with Crippen LogP contribution >= 0.6 is 0 Å². The average Bonchev–Trinajstić information content (AvgIpc) is 3.60. The average molecular weight is 467 g/mol. The van der Waals surface area contributed by atoms with Crippen LogP contribution in [0.25, 0.3) is 11.1 Å². The topological polar surface area (TPSA) is 50.6 Å². The Morgan fingerprint density at radius 2 is 1.91 bits per heavy atom. The fourth-order valence-corrected chi connectivity index (χ4v) is 6.54. The number of amides is 1. The second-order valence-corrected chi connectivity index (χ2v) is 10.7. The highest BCUT2D eigenvalue weighted by Gasteiger charge is 2.43. The van der Waals surface area contributed by atoms with Crippen LogP contribution in [0, 0.1) is 23.6 Å². The van der Waals surface area contributed by atoms with E-state index in [9.17, 15) is 4.79 Å². The third-order valence-corrected chi connectivity index (χ3v) is 8.51. The predicted molar refractivity (Wildman–Crippen MR) is 129 cm³/mol. The predicted octanol–water partition coefficient (Wildman–Crippen LogP) is 4.86. The SMILES string of the molecule is O=C1C2CCCC2CN1CC1CCN(c2ccc(-c3cnn(C4CCCCO4)c3)cc2F)CC1. The van der Waals surface area contributed by atoms with Gasteiger partial charge in [-0.05, 0) is 74.5 Å². The summed E-state index contributed by atoms with van der Waals surface area (Å²) in [5, 5.41) is 4.46. The number of hydrogen-bond acceptors (Lipinski definition) is 4. The smallest absolute Gasteiger partial charge is 0.226 e. The Hall–Kier alpha value is -2.41. The van der Waals surface area contributed by atoms with Crippen molar-refractivity contribution in [3.05, 3.63) is 36.4 Å². The molecule has 0 radical (unpaired) electrons. The van der Waals surface area contributed by atoms with Crippen molar-refractivity contribution < 1.29 is 13.9 Å². The van der Waals surface area contributed by atoms with Gasteiger partial charge >= 0.3 is 0 Å². The summed E-state index contributed by atoms with van der Waals surface area (Å²) in [5.74, 6) is 1.64. The van der Waals surface area contributed by atoms with Gasteiger partial charge in [-0.2, -0.15) is 5.10 Å². The molecule has 1 saturated carbocycles. The van der Waals surface area contributed by atoms with Gasteiger partial charge in [-0.25, -0.2) is 9.07 Å². The summed E-state index contributed by atoms with van der Waals surface area (Å²) < 4.78 is 22.8. The molecule has 4 aliphatic rings. The first-order chi connectivity index (χ1) is 16.7. The highest BCUT2D eigenvalue weighted by atomic mass is 19.1. The molecule has 6 nitrogen and oxygen atoms in total. The second kappa shape index (κ2) is 9.33. The van der Waals surface area contributed by atoms with Gasteiger partial charge in [0, 0.05) is 50.5 Å². The van der Waals surface area contributed by atoms with E-state index in [0.717, 1.165) is 82.4 Å². The monoisotopic (exact) mass is 466 g/mol. The number of likely N-dealkylation sites (tertiary alicyclic amines) is 1. The standard InChI is InChI=1S/C27H35FN4O2/c28-24-14-20(22-15-29-32(18-22)26-6-1-2-13-34-26)7-8-25(24)30-11-9-19(10-12-30)16-31-17-21-4-3-5-23(21)27(31)33/h7-8,14-15,18-19,21,23,26H,1-6,9-13,16-17H2. The van der Waals surface area contributed by atoms with Gasteiger partial charge in [-0.15, -0.1) is 0 Å². The molecule has 0 bridgehead atoms. The third kappa shape index (κ3) is 4.23. The maximum Gasteiger partial charge on any atom is 0.226 e. The van der Waals surface area contributed by atoms with Gasteiger partial charge in [-0.3, -0.25) is 4.79 Å². The van der Waals surface area contributed by atoms with Gasteiger partial charge < -0.3 is 14.5 Å². The Labute approximate surface area is 201 Å². The Balaban J connectivity index is 1.06. The Kier molecular flexibility index (Phi) is 6.06. The summed E-state index contributed by atoms with van der Waals surface area (Å²) in [7, 11) is 0. The molecule has 1 aliphatic carbocycles. The lowest BCUT2D eigenvalue weighted by atomic mass is 9.95. The van der Waals surface area contributed by atoms with Gasteiger partial charge in [0.15, 0.2) is 0 Å². The molecule has 3 unspecified atom stereocenters. The number of fused-ring (bicyclic) bond motifs is 1. The van der Waals surface area contributed by atoms with Crippen molar-refractivity contribution in [2.45, 2.75) is 57.6 Å². The minimum atomic E-state index is -0.180. The Bertz CT molecular complexity index is 1030. The Morgan fingerprint density at radius 1 is 1.03 bits per heavy atom. The largest absolute Gasteiger partial charge is 0.369 e. The van der Waals surface area contributed by atoms with Crippen LogP contribution in [0.1, 0.15) is 57.6 Å². The van der Waals surface area contributed by atoms with E-state index in [1.165, 1.54) is 12.8 Å². The lowest BCUT2D eigenvalue weighted by Gasteiger charge is -2.35. The lowest BCUT2D eigenvalue weighted by Crippen LogP contribution is -2.40. The maximum atomic E-state index is 15.1. The highest BCUT2D eigenvalue weighted by Crippen LogP contribution is 2.39. The molecule has 4 heterocycles. The lowest BCUT2D eigenvalue weighted by molar-refractivity contribution is -0.131. The number of halogens is 1. The third-order valence-electron chi connectivity index (χ3n) is 8.51. The highest BCUT2D eigenvalue weighted by molar-refractivity contribution is 5.81. The first kappa shape index (κ1) is 22.1. The second-order valence-electron chi connectivity index (χ2n) is 10.7. The summed E-state index contributed by atoms with van der Waals surface area (Å²) in [6.07, 6.45) is 12.5. The van der Waals surface area contributed by atoms with Crippen LogP contribution in [-0.2, 0) is 9.53 Å². The molecule has 4 fully saturated rings. The number of piperidine rings is 1. The summed E-state index contributed by atoms with van der Waals surface area (Å²) in [4.78, 5) is 17.0. The molecule has 3 atom stereocenters. The number of nitrogens with zero attached hydrogens (tertiary/aromatic N) is 4. The molecule has 1 amide bonds. The summed E-state index contributed by atoms with van der Waals surface area (Å²) in [6, 6.07) is 5.53. The Morgan fingerprint density at radius 3 is 2.68 bits per heavy atom. The van der Waals surface area contributed by atoms with Crippen molar-refractivity contribution in [1.29, 1.82) is 0 Å². The minimum Gasteiger partial charge on any atom is -0.369 e. The van der Waals surface area contributed by atoms with Crippen molar-refractivity contribution in [3.8, 4) is 11.1 Å². The number of carbonyl (C=O) groups is 1. The molecule has 34 heavy (non-hydrogen) atoms. The van der Waals surface area contributed by atoms with E-state index in [2.05, 4.69) is 14.9 Å². The van der Waals surface area contributed by atoms with Crippen molar-refractivity contribution >= 4 is 11.6 Å². The molecule has 6 rings (SSSR count). The van der Waals surface area contributed by atoms with E-state index >= 15 is 4.39 Å². The van der Waals surface area contributed by atoms with Crippen molar-refractivity contribution in [1.82, 2.24) is 14.7 Å². The molecule has 2 aromatic rings. The zero-order valence-electron chi connectivity index (χ0n) is 19.9. The van der Waals surface area contributed by atoms with Crippen LogP contribution in [-0.4, -0.2) is 53.4 Å². The van der Waals surface area contributed by atoms with E-state index in [1.54, 1.807) is 12.3 Å². The summed E-state index contributed by atoms with van der Waals surface area (Å²) in [5.41, 5.74) is 2.44. The number of ether oxygens (including phenoxy) is 1. The molecule has 182 valence electrons. The van der Waals surface area contributed by atoms with Gasteiger partial charge in [-0.1, -0.05) is 12.5 Å². The van der Waals surface area contributed by atoms with E-state index in [1.807, 2.05) is 23.0 Å². The fraction of sp³-hybridized carbons (Fsp3) is 0.630. The van der Waals surface area contributed by atoms with Crippen LogP contribution in [0.15, 0.2) is 30.6 Å². The zero-order chi connectivity index (χ0) is 23.1. The number of hydrogen-bond donors (Lipinski definition) is 0. The molecular formula is C27H35FN4O2. The van der Waals surface area contributed by atoms with Crippen LogP contribution in [0.2, 0.25) is 0 Å². The van der Waals surface area contributed by atoms with Crippen LogP contribution in [0.5, 0.6) is 0 Å². The van der Waals surface area contributed by atoms with Crippen molar-refractivity contribution in [2.24, 2.45) is 17.8 Å². The van der Waals surface area contributed by atoms with Crippen molar-refractivity contribution in [3.63, 3.8) is 0 Å². The molecule has 0 spiro atoms. The molecule has 0 N–H and O–H groups in total. The number of aromatic nitrogens is 2. The maximum absolute atomic E-state index is 15.1. The minimum absolute atomic E-state index is 0.0108. The molecule has 3 aliphatic heterocycles. The number of benzene rings is 1. The van der Waals surface area contributed by atoms with Gasteiger partial charge in [0.2, 0.25) is 5.91 Å². The molecular weight excluding hydrogens is 431 g/mol. The van der Waals surface area contributed by atoms with E-state index in [-0.39, 0.29) is 12.0 Å². The first-order valence-corrected chi connectivity index (χ1v) is 13.1. The van der Waals surface area contributed by atoms with Crippen LogP contribution in [0.4, 0.5) is 10.1 Å². The van der Waals surface area contributed by atoms with E-state index in [4.69, 9.17) is 4.74 Å². The van der Waals surface area contributed by atoms with Crippen LogP contribution < -0.4 is 4.90 Å². The van der Waals surface area contributed by atoms with Gasteiger partial charge in [0.25, 0.3) is 0 Å². The quantitative estimate of drug-likeness (QED) is 0.631. The van der Waals surface area contributed by atoms with E-state index < -0.39 is 0 Å². The van der Waals surface area contributed by atoms with Crippen LogP contribution in [0.3, 0.4) is 0 Å². The number of carbonyl (C=O) groups excluding carboxylic acids is 1. The van der Waals surface area contributed by atoms with Gasteiger partial charge in [0.1, 0.15) is 12.0 Å². The first-order valence-electron chi connectivity index (χ1n) is 13.1. The zero-order valence-corrected chi connectivity index (χ0v) is 19.9. The van der Waals surface area contributed by atoms with Crippen molar-refractivity contribution in [2.75, 3.05) is 37.7 Å². The van der Waals surface area contributed by atoms with Gasteiger partial charge in [0.05, 0.1) is 11.9 Å². The van der Waals surface area contributed by atoms with E-state index in [0.29, 0.717) is 29.3 Å². The number of anilines is 1. The normalized spacial score (nSPS) is 28.0. The molecule has 1 aromatic carbocycles. The molecule has 3 saturated heterocycles.